The van der Waals surface area contributed by atoms with Gasteiger partial charge in [-0.25, -0.2) is 9.97 Å². The molecule has 4 heterocycles. The van der Waals surface area contributed by atoms with Crippen LogP contribution in [0.2, 0.25) is 0 Å². The lowest BCUT2D eigenvalue weighted by Crippen LogP contribution is -2.46. The summed E-state index contributed by atoms with van der Waals surface area (Å²) in [6.45, 7) is 3.73. The Morgan fingerprint density at radius 1 is 1.40 bits per heavy atom. The summed E-state index contributed by atoms with van der Waals surface area (Å²) in [5.41, 5.74) is 1.09. The van der Waals surface area contributed by atoms with Crippen molar-refractivity contribution in [1.29, 1.82) is 0 Å². The van der Waals surface area contributed by atoms with Crippen LogP contribution in [0.4, 0.5) is 0 Å². The van der Waals surface area contributed by atoms with E-state index in [4.69, 9.17) is 9.40 Å². The van der Waals surface area contributed by atoms with Crippen molar-refractivity contribution in [3.05, 3.63) is 47.7 Å². The molecule has 0 amide bonds. The van der Waals surface area contributed by atoms with Crippen LogP contribution in [0.1, 0.15) is 17.6 Å². The molecule has 1 fully saturated rings. The Labute approximate surface area is 163 Å². The summed E-state index contributed by atoms with van der Waals surface area (Å²) < 4.78 is 7.53. The Bertz CT molecular complexity index is 773. The zero-order valence-electron chi connectivity index (χ0n) is 13.8. The normalized spacial score (nSPS) is 17.7. The van der Waals surface area contributed by atoms with Gasteiger partial charge in [0.15, 0.2) is 10.8 Å². The third-order valence-corrected chi connectivity index (χ3v) is 5.07. The molecular weight excluding hydrogens is 381 g/mol. The molecule has 136 valence electrons. The molecule has 0 bridgehead atoms. The highest BCUT2D eigenvalue weighted by molar-refractivity contribution is 7.13. The van der Waals surface area contributed by atoms with Gasteiger partial charge in [-0.2, -0.15) is 0 Å². The molecule has 1 saturated heterocycles. The van der Waals surface area contributed by atoms with Crippen molar-refractivity contribution in [3.8, 4) is 10.8 Å². The van der Waals surface area contributed by atoms with Crippen molar-refractivity contribution in [2.75, 3.05) is 19.6 Å². The summed E-state index contributed by atoms with van der Waals surface area (Å²) in [6.07, 6.45) is 5.55. The van der Waals surface area contributed by atoms with Gasteiger partial charge in [-0.3, -0.25) is 4.90 Å². The maximum atomic E-state index is 5.43. The average molecular weight is 402 g/mol. The van der Waals surface area contributed by atoms with E-state index in [-0.39, 0.29) is 30.9 Å². The third kappa shape index (κ3) is 4.24. The summed E-state index contributed by atoms with van der Waals surface area (Å²) in [6, 6.07) is 4.12. The van der Waals surface area contributed by atoms with Crippen LogP contribution >= 0.6 is 36.2 Å². The number of hydrogen-bond acceptors (Lipinski definition) is 6. The Balaban J connectivity index is 0.00000113. The molecule has 1 aliphatic heterocycles. The SMILES string of the molecule is Cl.Cl.Cn1ccnc1C1CNCCN1Cc1csc(-c2ccco2)n1. The minimum atomic E-state index is 0. The average Bonchev–Trinajstić information content (AvgIpc) is 3.29. The molecule has 6 nitrogen and oxygen atoms in total. The molecule has 1 unspecified atom stereocenters. The molecular formula is C16H21Cl2N5OS. The molecule has 25 heavy (non-hydrogen) atoms. The quantitative estimate of drug-likeness (QED) is 0.727. The molecule has 1 aliphatic rings. The third-order valence-electron chi connectivity index (χ3n) is 4.16. The number of rotatable bonds is 4. The smallest absolute Gasteiger partial charge is 0.162 e. The summed E-state index contributed by atoms with van der Waals surface area (Å²) in [7, 11) is 2.05. The molecule has 1 N–H and O–H groups in total. The van der Waals surface area contributed by atoms with Crippen molar-refractivity contribution < 1.29 is 4.42 Å². The number of nitrogens with zero attached hydrogens (tertiary/aromatic N) is 4. The van der Waals surface area contributed by atoms with Crippen LogP contribution in [0.5, 0.6) is 0 Å². The maximum Gasteiger partial charge on any atom is 0.162 e. The Hall–Kier alpha value is -1.38. The fraction of sp³-hybridized carbons (Fsp3) is 0.375. The topological polar surface area (TPSA) is 59.1 Å². The Morgan fingerprint density at radius 2 is 2.28 bits per heavy atom. The van der Waals surface area contributed by atoms with Gasteiger partial charge in [0.05, 0.1) is 18.0 Å². The standard InChI is InChI=1S/C16H19N5OS.2ClH/c1-20-6-5-18-15(20)13-9-17-4-7-21(13)10-12-11-23-16(19-12)14-3-2-8-22-14;;/h2-3,5-6,8,11,13,17H,4,7,9-10H2,1H3;2*1H. The van der Waals surface area contributed by atoms with Crippen LogP contribution in [0.3, 0.4) is 0 Å². The number of aromatic nitrogens is 3. The summed E-state index contributed by atoms with van der Waals surface area (Å²) >= 11 is 1.63. The second-order valence-electron chi connectivity index (χ2n) is 5.71. The van der Waals surface area contributed by atoms with E-state index in [1.165, 1.54) is 0 Å². The predicted molar refractivity (Wildman–Crippen MR) is 104 cm³/mol. The van der Waals surface area contributed by atoms with Gasteiger partial charge in [0.2, 0.25) is 0 Å². The monoisotopic (exact) mass is 401 g/mol. The van der Waals surface area contributed by atoms with Gasteiger partial charge in [0.25, 0.3) is 0 Å². The minimum Gasteiger partial charge on any atom is -0.462 e. The number of thiazole rings is 1. The highest BCUT2D eigenvalue weighted by Crippen LogP contribution is 2.27. The largest absolute Gasteiger partial charge is 0.462 e. The van der Waals surface area contributed by atoms with E-state index in [1.54, 1.807) is 17.6 Å². The molecule has 1 atom stereocenters. The van der Waals surface area contributed by atoms with Gasteiger partial charge in [-0.1, -0.05) is 0 Å². The highest BCUT2D eigenvalue weighted by Gasteiger charge is 2.27. The van der Waals surface area contributed by atoms with E-state index in [2.05, 4.69) is 25.1 Å². The van der Waals surface area contributed by atoms with Crippen LogP contribution in [0.25, 0.3) is 10.8 Å². The first-order valence-electron chi connectivity index (χ1n) is 7.71. The van der Waals surface area contributed by atoms with Gasteiger partial charge in [0, 0.05) is 51.0 Å². The van der Waals surface area contributed by atoms with Crippen molar-refractivity contribution in [2.24, 2.45) is 7.05 Å². The van der Waals surface area contributed by atoms with E-state index < -0.39 is 0 Å². The fourth-order valence-electron chi connectivity index (χ4n) is 2.99. The van der Waals surface area contributed by atoms with Gasteiger partial charge < -0.3 is 14.3 Å². The summed E-state index contributed by atoms with van der Waals surface area (Å²) in [4.78, 5) is 11.7. The summed E-state index contributed by atoms with van der Waals surface area (Å²) in [5, 5.41) is 6.52. The number of furan rings is 1. The molecule has 0 saturated carbocycles. The van der Waals surface area contributed by atoms with Crippen molar-refractivity contribution in [1.82, 2.24) is 24.8 Å². The molecule has 0 aliphatic carbocycles. The lowest BCUT2D eigenvalue weighted by Gasteiger charge is -2.35. The van der Waals surface area contributed by atoms with Crippen molar-refractivity contribution in [2.45, 2.75) is 12.6 Å². The number of halogens is 2. The summed E-state index contributed by atoms with van der Waals surface area (Å²) in [5.74, 6) is 1.93. The van der Waals surface area contributed by atoms with Gasteiger partial charge in [-0.05, 0) is 12.1 Å². The molecule has 3 aromatic heterocycles. The molecule has 0 aromatic carbocycles. The maximum absolute atomic E-state index is 5.43. The van der Waals surface area contributed by atoms with Gasteiger partial charge in [0.1, 0.15) is 5.82 Å². The Morgan fingerprint density at radius 3 is 3.00 bits per heavy atom. The molecule has 0 spiro atoms. The van der Waals surface area contributed by atoms with Crippen LogP contribution in [-0.2, 0) is 13.6 Å². The van der Waals surface area contributed by atoms with Crippen molar-refractivity contribution in [3.63, 3.8) is 0 Å². The van der Waals surface area contributed by atoms with Crippen molar-refractivity contribution >= 4 is 36.2 Å². The second-order valence-corrected chi connectivity index (χ2v) is 6.57. The van der Waals surface area contributed by atoms with Crippen LogP contribution in [0, 0.1) is 0 Å². The first-order valence-corrected chi connectivity index (χ1v) is 8.59. The van der Waals surface area contributed by atoms with E-state index in [1.807, 2.05) is 31.6 Å². The molecule has 9 heteroatoms. The first-order chi connectivity index (χ1) is 11.3. The zero-order valence-corrected chi connectivity index (χ0v) is 16.2. The number of hydrogen-bond donors (Lipinski definition) is 1. The van der Waals surface area contributed by atoms with E-state index in [9.17, 15) is 0 Å². The minimum absolute atomic E-state index is 0. The number of piperazine rings is 1. The first kappa shape index (κ1) is 19.9. The highest BCUT2D eigenvalue weighted by atomic mass is 35.5. The number of aryl methyl sites for hydroxylation is 1. The van der Waals surface area contributed by atoms with E-state index >= 15 is 0 Å². The molecule has 3 aromatic rings. The van der Waals surface area contributed by atoms with E-state index in [0.717, 1.165) is 48.5 Å². The predicted octanol–water partition coefficient (Wildman–Crippen LogP) is 3.13. The lowest BCUT2D eigenvalue weighted by molar-refractivity contribution is 0.143. The zero-order chi connectivity index (χ0) is 15.6. The molecule has 0 radical (unpaired) electrons. The van der Waals surface area contributed by atoms with Crippen LogP contribution in [-0.4, -0.2) is 39.1 Å². The van der Waals surface area contributed by atoms with Crippen LogP contribution < -0.4 is 5.32 Å². The fourth-order valence-corrected chi connectivity index (χ4v) is 3.77. The van der Waals surface area contributed by atoms with Gasteiger partial charge >= 0.3 is 0 Å². The Kier molecular flexibility index (Phi) is 7.04. The second kappa shape index (κ2) is 8.82. The van der Waals surface area contributed by atoms with Crippen LogP contribution in [0.15, 0.2) is 40.6 Å². The number of imidazole rings is 1. The lowest BCUT2D eigenvalue weighted by atomic mass is 10.1. The molecule has 4 rings (SSSR count). The number of nitrogens with one attached hydrogen (secondary N) is 1. The van der Waals surface area contributed by atoms with E-state index in [0.29, 0.717) is 0 Å². The van der Waals surface area contributed by atoms with Gasteiger partial charge in [-0.15, -0.1) is 36.2 Å².